The third kappa shape index (κ3) is 5.43. The van der Waals surface area contributed by atoms with Crippen molar-refractivity contribution in [2.75, 3.05) is 18.6 Å². The Morgan fingerprint density at radius 3 is 2.72 bits per heavy atom. The number of hydrogen-bond acceptors (Lipinski definition) is 8. The van der Waals surface area contributed by atoms with E-state index in [0.29, 0.717) is 57.2 Å². The van der Waals surface area contributed by atoms with Gasteiger partial charge in [-0.25, -0.2) is 4.98 Å². The summed E-state index contributed by atoms with van der Waals surface area (Å²) in [5.74, 6) is 0.355. The molecule has 0 radical (unpaired) electrons. The number of carbonyl (C=O) groups excluding carboxylic acids is 2. The van der Waals surface area contributed by atoms with Crippen molar-refractivity contribution in [2.45, 2.75) is 45.8 Å². The van der Waals surface area contributed by atoms with Crippen molar-refractivity contribution < 1.29 is 28.9 Å². The largest absolute Gasteiger partial charge is 0.507 e. The minimum absolute atomic E-state index is 0.0132. The number of carbonyl (C=O) groups is 2. The SMILES string of the molecule is COc1cc([C@H]2/C(=C(\O)c3ccc4c(c3)C[C@H](C)O4)C(=O)C(=O)N2c2nc3ccc(Cl)cc3s2)ccc1OCCC(C)C. The Hall–Kier alpha value is -4.08. The topological polar surface area (TPSA) is 98.2 Å². The Morgan fingerprint density at radius 1 is 1.14 bits per heavy atom. The van der Waals surface area contributed by atoms with Gasteiger partial charge in [0.05, 0.1) is 35.5 Å². The van der Waals surface area contributed by atoms with E-state index in [1.165, 1.54) is 23.3 Å². The fourth-order valence-electron chi connectivity index (χ4n) is 5.44. The fraction of sp³-hybridized carbons (Fsp3) is 0.303. The molecular formula is C33H31ClN2O6S. The lowest BCUT2D eigenvalue weighted by atomic mass is 9.94. The number of fused-ring (bicyclic) bond motifs is 2. The summed E-state index contributed by atoms with van der Waals surface area (Å²) in [7, 11) is 1.54. The maximum Gasteiger partial charge on any atom is 0.301 e. The second-order valence-corrected chi connectivity index (χ2v) is 12.6. The van der Waals surface area contributed by atoms with E-state index < -0.39 is 17.7 Å². The van der Waals surface area contributed by atoms with Crippen LogP contribution in [-0.2, 0) is 16.0 Å². The molecule has 0 spiro atoms. The maximum absolute atomic E-state index is 13.7. The summed E-state index contributed by atoms with van der Waals surface area (Å²) < 4.78 is 18.2. The van der Waals surface area contributed by atoms with E-state index in [2.05, 4.69) is 18.8 Å². The number of ether oxygens (including phenoxy) is 3. The third-order valence-corrected chi connectivity index (χ3v) is 8.87. The first-order valence-corrected chi connectivity index (χ1v) is 15.3. The first-order valence-electron chi connectivity index (χ1n) is 14.1. The number of Topliss-reactive ketones (excluding diaryl/α,β-unsaturated/α-hetero) is 1. The van der Waals surface area contributed by atoms with Gasteiger partial charge in [-0.1, -0.05) is 42.9 Å². The quantitative estimate of drug-likeness (QED) is 0.125. The smallest absolute Gasteiger partial charge is 0.301 e. The number of thiazole rings is 1. The van der Waals surface area contributed by atoms with Crippen molar-refractivity contribution in [3.63, 3.8) is 0 Å². The van der Waals surface area contributed by atoms with Crippen molar-refractivity contribution in [3.05, 3.63) is 81.9 Å². The minimum Gasteiger partial charge on any atom is -0.507 e. The molecule has 4 aromatic rings. The number of aliphatic hydroxyl groups excluding tert-OH is 1. The Morgan fingerprint density at radius 2 is 1.95 bits per heavy atom. The molecule has 10 heteroatoms. The molecule has 3 heterocycles. The van der Waals surface area contributed by atoms with E-state index in [-0.39, 0.29) is 17.4 Å². The number of ketones is 1. The molecule has 0 unspecified atom stereocenters. The van der Waals surface area contributed by atoms with Crippen LogP contribution in [0.2, 0.25) is 5.02 Å². The van der Waals surface area contributed by atoms with Crippen LogP contribution >= 0.6 is 22.9 Å². The fourth-order valence-corrected chi connectivity index (χ4v) is 6.71. The molecule has 8 nitrogen and oxygen atoms in total. The van der Waals surface area contributed by atoms with Crippen molar-refractivity contribution in [1.29, 1.82) is 0 Å². The van der Waals surface area contributed by atoms with Gasteiger partial charge in [-0.3, -0.25) is 14.5 Å². The Bertz CT molecular complexity index is 1780. The van der Waals surface area contributed by atoms with E-state index in [1.54, 1.807) is 48.5 Å². The van der Waals surface area contributed by atoms with Gasteiger partial charge in [0.25, 0.3) is 5.78 Å². The number of halogens is 1. The number of aliphatic hydroxyl groups is 1. The summed E-state index contributed by atoms with van der Waals surface area (Å²) in [5, 5.41) is 12.5. The van der Waals surface area contributed by atoms with Gasteiger partial charge in [0.2, 0.25) is 0 Å². The van der Waals surface area contributed by atoms with Gasteiger partial charge in [0.1, 0.15) is 17.6 Å². The van der Waals surface area contributed by atoms with E-state index in [1.807, 2.05) is 13.0 Å². The molecule has 1 N–H and O–H groups in total. The van der Waals surface area contributed by atoms with Gasteiger partial charge in [-0.05, 0) is 78.9 Å². The number of anilines is 1. The molecule has 1 amide bonds. The highest BCUT2D eigenvalue weighted by Crippen LogP contribution is 2.46. The normalized spacial score (nSPS) is 19.3. The van der Waals surface area contributed by atoms with Gasteiger partial charge >= 0.3 is 5.91 Å². The Kier molecular flexibility index (Phi) is 7.79. The highest BCUT2D eigenvalue weighted by atomic mass is 35.5. The molecule has 0 aliphatic carbocycles. The van der Waals surface area contributed by atoms with Crippen LogP contribution in [0, 0.1) is 5.92 Å². The molecule has 1 aromatic heterocycles. The molecule has 0 bridgehead atoms. The molecule has 1 fully saturated rings. The Labute approximate surface area is 258 Å². The highest BCUT2D eigenvalue weighted by Gasteiger charge is 2.48. The molecular weight excluding hydrogens is 588 g/mol. The number of hydrogen-bond donors (Lipinski definition) is 1. The Balaban J connectivity index is 1.49. The number of rotatable bonds is 8. The minimum atomic E-state index is -0.974. The highest BCUT2D eigenvalue weighted by molar-refractivity contribution is 7.22. The summed E-state index contributed by atoms with van der Waals surface area (Å²) in [4.78, 5) is 33.5. The molecule has 2 atom stereocenters. The zero-order valence-corrected chi connectivity index (χ0v) is 25.8. The number of aromatic nitrogens is 1. The first kappa shape index (κ1) is 29.0. The lowest BCUT2D eigenvalue weighted by molar-refractivity contribution is -0.132. The monoisotopic (exact) mass is 618 g/mol. The molecule has 222 valence electrons. The first-order chi connectivity index (χ1) is 20.6. The van der Waals surface area contributed by atoms with Crippen LogP contribution in [0.1, 0.15) is 49.9 Å². The van der Waals surface area contributed by atoms with Crippen molar-refractivity contribution in [1.82, 2.24) is 4.98 Å². The number of benzene rings is 3. The lowest BCUT2D eigenvalue weighted by Gasteiger charge is -2.24. The summed E-state index contributed by atoms with van der Waals surface area (Å²) in [6.45, 7) is 6.73. The zero-order valence-electron chi connectivity index (χ0n) is 24.2. The van der Waals surface area contributed by atoms with Gasteiger partial charge < -0.3 is 19.3 Å². The molecule has 0 saturated carbocycles. The summed E-state index contributed by atoms with van der Waals surface area (Å²) in [5.41, 5.74) is 2.52. The summed E-state index contributed by atoms with van der Waals surface area (Å²) in [6, 6.07) is 14.9. The van der Waals surface area contributed by atoms with Crippen LogP contribution in [-0.4, -0.2) is 41.6 Å². The predicted octanol–water partition coefficient (Wildman–Crippen LogP) is 7.33. The summed E-state index contributed by atoms with van der Waals surface area (Å²) >= 11 is 7.46. The van der Waals surface area contributed by atoms with Crippen molar-refractivity contribution >= 4 is 55.7 Å². The van der Waals surface area contributed by atoms with Crippen molar-refractivity contribution in [2.24, 2.45) is 5.92 Å². The molecule has 43 heavy (non-hydrogen) atoms. The van der Waals surface area contributed by atoms with E-state index in [0.717, 1.165) is 22.4 Å². The molecule has 6 rings (SSSR count). The predicted molar refractivity (Wildman–Crippen MR) is 168 cm³/mol. The van der Waals surface area contributed by atoms with E-state index >= 15 is 0 Å². The second-order valence-electron chi connectivity index (χ2n) is 11.2. The van der Waals surface area contributed by atoms with Crippen LogP contribution in [0.4, 0.5) is 5.13 Å². The maximum atomic E-state index is 13.7. The molecule has 3 aromatic carbocycles. The standard InChI is InChI=1S/C33H31ClN2O6S/c1-17(2)11-12-41-25-10-5-19(15-26(25)40-4)29-28(30(37)20-6-9-24-21(14-20)13-18(3)42-24)31(38)32(39)36(29)33-35-23-8-7-22(34)16-27(23)43-33/h5-10,14-18,29,37H,11-13H2,1-4H3/b30-28+/t18-,29-/m0/s1. The third-order valence-electron chi connectivity index (χ3n) is 7.62. The van der Waals surface area contributed by atoms with E-state index in [9.17, 15) is 14.7 Å². The second kappa shape index (κ2) is 11.5. The van der Waals surface area contributed by atoms with Crippen LogP contribution in [0.5, 0.6) is 17.2 Å². The van der Waals surface area contributed by atoms with Gasteiger partial charge in [0, 0.05) is 17.0 Å². The average Bonchev–Trinajstić information content (AvgIpc) is 3.64. The number of amides is 1. The van der Waals surface area contributed by atoms with Gasteiger partial charge in [-0.2, -0.15) is 0 Å². The van der Waals surface area contributed by atoms with Crippen molar-refractivity contribution in [3.8, 4) is 17.2 Å². The van der Waals surface area contributed by atoms with Crippen LogP contribution in [0.15, 0.2) is 60.2 Å². The molecule has 2 aliphatic heterocycles. The summed E-state index contributed by atoms with van der Waals surface area (Å²) in [6.07, 6.45) is 1.56. The van der Waals surface area contributed by atoms with Crippen LogP contribution in [0.25, 0.3) is 16.0 Å². The molecule has 1 saturated heterocycles. The van der Waals surface area contributed by atoms with Crippen LogP contribution in [0.3, 0.4) is 0 Å². The number of nitrogens with zero attached hydrogens (tertiary/aromatic N) is 2. The number of methoxy groups -OCH3 is 1. The van der Waals surface area contributed by atoms with Crippen LogP contribution < -0.4 is 19.1 Å². The lowest BCUT2D eigenvalue weighted by Crippen LogP contribution is -2.29. The van der Waals surface area contributed by atoms with Gasteiger partial charge in [-0.15, -0.1) is 0 Å². The zero-order chi connectivity index (χ0) is 30.4. The van der Waals surface area contributed by atoms with E-state index in [4.69, 9.17) is 25.8 Å². The van der Waals surface area contributed by atoms with Gasteiger partial charge in [0.15, 0.2) is 16.6 Å². The molecule has 2 aliphatic rings. The average molecular weight is 619 g/mol.